The Hall–Kier alpha value is -2.87. The average Bonchev–Trinajstić information content (AvgIpc) is 3.58. The summed E-state index contributed by atoms with van der Waals surface area (Å²) in [5.74, 6) is -1.40. The highest BCUT2D eigenvalue weighted by Crippen LogP contribution is 2.50. The van der Waals surface area contributed by atoms with E-state index in [9.17, 15) is 18.7 Å². The molecule has 5 nitrogen and oxygen atoms in total. The van der Waals surface area contributed by atoms with Crippen molar-refractivity contribution in [3.05, 3.63) is 75.5 Å². The van der Waals surface area contributed by atoms with Crippen molar-refractivity contribution in [3.8, 4) is 11.3 Å². The Bertz CT molecular complexity index is 1180. The number of halogens is 3. The number of hydrogen-bond donors (Lipinski definition) is 2. The molecule has 1 aliphatic carbocycles. The van der Waals surface area contributed by atoms with Crippen LogP contribution in [-0.2, 0) is 23.1 Å². The molecule has 0 radical (unpaired) electrons. The van der Waals surface area contributed by atoms with Crippen LogP contribution >= 0.6 is 15.9 Å². The fourth-order valence-corrected chi connectivity index (χ4v) is 4.56. The molecule has 1 aromatic heterocycles. The smallest absolute Gasteiger partial charge is 0.314 e. The monoisotopic (exact) mass is 515 g/mol. The second-order valence-electron chi connectivity index (χ2n) is 8.32. The molecule has 1 heterocycles. The second kappa shape index (κ2) is 9.55. The van der Waals surface area contributed by atoms with Gasteiger partial charge in [-0.3, -0.25) is 4.79 Å². The van der Waals surface area contributed by atoms with Crippen LogP contribution in [0, 0.1) is 11.6 Å². The van der Waals surface area contributed by atoms with E-state index in [2.05, 4.69) is 38.1 Å². The Morgan fingerprint density at radius 3 is 2.48 bits per heavy atom. The van der Waals surface area contributed by atoms with Crippen LogP contribution in [0.15, 0.2) is 47.2 Å². The quantitative estimate of drug-likeness (QED) is 0.370. The van der Waals surface area contributed by atoms with E-state index in [1.165, 1.54) is 18.5 Å². The highest BCUT2D eigenvalue weighted by atomic mass is 79.9. The summed E-state index contributed by atoms with van der Waals surface area (Å²) in [5, 5.41) is 12.8. The zero-order valence-corrected chi connectivity index (χ0v) is 19.8. The standard InChI is InChI=1S/C25H24BrF2N3O2/c1-2-3-15-10-16(4-5-19(15)25(7-8-25)24(32)33)22-13-23(31-14-30-22)29-9-6-18-20(27)11-17(26)12-21(18)28/h4-5,10-14H,2-3,6-9H2,1H3,(H,32,33)(H,29,30,31). The number of nitrogens with zero attached hydrogens (tertiary/aromatic N) is 2. The van der Waals surface area contributed by atoms with Crippen LogP contribution in [0.25, 0.3) is 11.3 Å². The summed E-state index contributed by atoms with van der Waals surface area (Å²) < 4.78 is 28.4. The maximum Gasteiger partial charge on any atom is 0.314 e. The first-order valence-corrected chi connectivity index (χ1v) is 11.7. The molecule has 3 aromatic rings. The normalized spacial score (nSPS) is 14.2. The van der Waals surface area contributed by atoms with Crippen molar-refractivity contribution in [2.24, 2.45) is 0 Å². The predicted molar refractivity (Wildman–Crippen MR) is 126 cm³/mol. The zero-order valence-electron chi connectivity index (χ0n) is 18.2. The van der Waals surface area contributed by atoms with E-state index in [0.29, 0.717) is 35.4 Å². The molecule has 2 N–H and O–H groups in total. The minimum Gasteiger partial charge on any atom is -0.481 e. The molecule has 0 bridgehead atoms. The molecular weight excluding hydrogens is 492 g/mol. The Morgan fingerprint density at radius 2 is 1.85 bits per heavy atom. The molecule has 1 fully saturated rings. The predicted octanol–water partition coefficient (Wildman–Crippen LogP) is 5.91. The van der Waals surface area contributed by atoms with Gasteiger partial charge >= 0.3 is 5.97 Å². The molecule has 33 heavy (non-hydrogen) atoms. The molecule has 1 saturated carbocycles. The Morgan fingerprint density at radius 1 is 1.12 bits per heavy atom. The van der Waals surface area contributed by atoms with Gasteiger partial charge in [0.25, 0.3) is 0 Å². The molecule has 172 valence electrons. The van der Waals surface area contributed by atoms with Crippen LogP contribution in [0.3, 0.4) is 0 Å². The lowest BCUT2D eigenvalue weighted by molar-refractivity contribution is -0.140. The first-order valence-electron chi connectivity index (χ1n) is 10.9. The average molecular weight is 516 g/mol. The van der Waals surface area contributed by atoms with E-state index in [1.54, 1.807) is 6.07 Å². The molecular formula is C25H24BrF2N3O2. The van der Waals surface area contributed by atoms with Gasteiger partial charge in [-0.15, -0.1) is 0 Å². The van der Waals surface area contributed by atoms with Crippen molar-refractivity contribution in [2.75, 3.05) is 11.9 Å². The molecule has 1 aliphatic rings. The summed E-state index contributed by atoms with van der Waals surface area (Å²) in [6, 6.07) is 10.1. The number of anilines is 1. The summed E-state index contributed by atoms with van der Waals surface area (Å²) in [7, 11) is 0. The molecule has 0 unspecified atom stereocenters. The Balaban J connectivity index is 1.52. The number of benzene rings is 2. The van der Waals surface area contributed by atoms with Gasteiger partial charge in [-0.25, -0.2) is 18.7 Å². The van der Waals surface area contributed by atoms with Crippen molar-refractivity contribution in [2.45, 2.75) is 44.4 Å². The van der Waals surface area contributed by atoms with Gasteiger partial charge in [0.05, 0.1) is 11.1 Å². The maximum atomic E-state index is 14.0. The van der Waals surface area contributed by atoms with Gasteiger partial charge in [0.15, 0.2) is 0 Å². The van der Waals surface area contributed by atoms with Gasteiger partial charge in [0, 0.05) is 28.2 Å². The molecule has 0 aliphatic heterocycles. The number of carbonyl (C=O) groups is 1. The van der Waals surface area contributed by atoms with Crippen LogP contribution in [0.5, 0.6) is 0 Å². The van der Waals surface area contributed by atoms with Crippen LogP contribution in [-0.4, -0.2) is 27.6 Å². The molecule has 0 atom stereocenters. The lowest BCUT2D eigenvalue weighted by Gasteiger charge is -2.17. The van der Waals surface area contributed by atoms with Crippen molar-refractivity contribution in [1.82, 2.24) is 9.97 Å². The summed E-state index contributed by atoms with van der Waals surface area (Å²) in [5.41, 5.74) is 2.76. The molecule has 2 aromatic carbocycles. The summed E-state index contributed by atoms with van der Waals surface area (Å²) in [6.45, 7) is 2.37. The molecule has 8 heteroatoms. The lowest BCUT2D eigenvalue weighted by Crippen LogP contribution is -2.21. The number of carboxylic acid groups (broad SMARTS) is 1. The highest BCUT2D eigenvalue weighted by Gasteiger charge is 2.52. The number of nitrogens with one attached hydrogen (secondary N) is 1. The molecule has 0 amide bonds. The Kier molecular flexibility index (Phi) is 6.74. The van der Waals surface area contributed by atoms with E-state index in [1.807, 2.05) is 18.2 Å². The van der Waals surface area contributed by atoms with Crippen LogP contribution < -0.4 is 5.32 Å². The number of carboxylic acids is 1. The maximum absolute atomic E-state index is 14.0. The van der Waals surface area contributed by atoms with Crippen molar-refractivity contribution < 1.29 is 18.7 Å². The Labute approximate surface area is 199 Å². The SMILES string of the molecule is CCCc1cc(-c2cc(NCCc3c(F)cc(Br)cc3F)ncn2)ccc1C1(C(=O)O)CC1. The fourth-order valence-electron chi connectivity index (χ4n) is 4.16. The molecule has 0 spiro atoms. The molecule has 4 rings (SSSR count). The second-order valence-corrected chi connectivity index (χ2v) is 9.24. The minimum atomic E-state index is -0.764. The molecule has 0 saturated heterocycles. The van der Waals surface area contributed by atoms with Gasteiger partial charge in [0.1, 0.15) is 23.8 Å². The van der Waals surface area contributed by atoms with Gasteiger partial charge in [-0.05, 0) is 55.0 Å². The number of aliphatic carboxylic acids is 1. The van der Waals surface area contributed by atoms with E-state index in [0.717, 1.165) is 29.5 Å². The van der Waals surface area contributed by atoms with E-state index < -0.39 is 23.0 Å². The first-order chi connectivity index (χ1) is 15.8. The van der Waals surface area contributed by atoms with Gasteiger partial charge in [0.2, 0.25) is 0 Å². The largest absolute Gasteiger partial charge is 0.481 e. The number of aromatic nitrogens is 2. The van der Waals surface area contributed by atoms with Gasteiger partial charge in [-0.1, -0.05) is 41.4 Å². The zero-order chi connectivity index (χ0) is 23.6. The lowest BCUT2D eigenvalue weighted by atomic mass is 9.88. The third-order valence-corrected chi connectivity index (χ3v) is 6.51. The van der Waals surface area contributed by atoms with Crippen LogP contribution in [0.4, 0.5) is 14.6 Å². The van der Waals surface area contributed by atoms with Crippen molar-refractivity contribution in [1.29, 1.82) is 0 Å². The number of hydrogen-bond acceptors (Lipinski definition) is 4. The summed E-state index contributed by atoms with van der Waals surface area (Å²) in [6.07, 6.45) is 4.63. The first kappa shape index (κ1) is 23.3. The third-order valence-electron chi connectivity index (χ3n) is 6.05. The van der Waals surface area contributed by atoms with Crippen LogP contribution in [0.2, 0.25) is 0 Å². The van der Waals surface area contributed by atoms with E-state index in [-0.39, 0.29) is 12.0 Å². The van der Waals surface area contributed by atoms with Gasteiger partial charge in [-0.2, -0.15) is 0 Å². The summed E-state index contributed by atoms with van der Waals surface area (Å²) in [4.78, 5) is 20.4. The van der Waals surface area contributed by atoms with Gasteiger partial charge < -0.3 is 10.4 Å². The fraction of sp³-hybridized carbons (Fsp3) is 0.320. The van der Waals surface area contributed by atoms with E-state index >= 15 is 0 Å². The summed E-state index contributed by atoms with van der Waals surface area (Å²) >= 11 is 3.08. The highest BCUT2D eigenvalue weighted by molar-refractivity contribution is 9.10. The third kappa shape index (κ3) is 4.90. The van der Waals surface area contributed by atoms with Crippen molar-refractivity contribution >= 4 is 27.7 Å². The number of aryl methyl sites for hydroxylation is 1. The van der Waals surface area contributed by atoms with Crippen molar-refractivity contribution in [3.63, 3.8) is 0 Å². The van der Waals surface area contributed by atoms with Crippen LogP contribution in [0.1, 0.15) is 42.9 Å². The van der Waals surface area contributed by atoms with E-state index in [4.69, 9.17) is 0 Å². The minimum absolute atomic E-state index is 0.0206. The topological polar surface area (TPSA) is 75.1 Å². The number of rotatable bonds is 9.